The van der Waals surface area contributed by atoms with E-state index < -0.39 is 5.82 Å². The zero-order valence-corrected chi connectivity index (χ0v) is 22.0. The number of halogens is 1. The normalized spacial score (nSPS) is 21.3. The molecule has 38 heavy (non-hydrogen) atoms. The van der Waals surface area contributed by atoms with E-state index in [2.05, 4.69) is 49.3 Å². The molecule has 0 unspecified atom stereocenters. The highest BCUT2D eigenvalue weighted by molar-refractivity contribution is 5.60. The maximum Gasteiger partial charge on any atom is 0.255 e. The number of pyridine rings is 1. The molecule has 3 aromatic rings. The summed E-state index contributed by atoms with van der Waals surface area (Å²) in [6, 6.07) is 12.7. The van der Waals surface area contributed by atoms with Crippen molar-refractivity contribution in [1.82, 2.24) is 24.8 Å². The van der Waals surface area contributed by atoms with Crippen LogP contribution in [0.3, 0.4) is 0 Å². The summed E-state index contributed by atoms with van der Waals surface area (Å²) in [5.41, 5.74) is 2.90. The van der Waals surface area contributed by atoms with Crippen molar-refractivity contribution in [3.05, 3.63) is 70.5 Å². The maximum absolute atomic E-state index is 14.4. The molecule has 1 atom stereocenters. The summed E-state index contributed by atoms with van der Waals surface area (Å²) in [5.74, 6) is 0.0606. The van der Waals surface area contributed by atoms with Gasteiger partial charge in [0.2, 0.25) is 5.95 Å². The van der Waals surface area contributed by atoms with Gasteiger partial charge in [-0.1, -0.05) is 12.1 Å². The number of piperidine rings is 1. The molecule has 1 N–H and O–H groups in total. The van der Waals surface area contributed by atoms with Gasteiger partial charge in [0.15, 0.2) is 5.82 Å². The highest BCUT2D eigenvalue weighted by Gasteiger charge is 2.27. The van der Waals surface area contributed by atoms with Gasteiger partial charge in [0, 0.05) is 75.4 Å². The number of hydrogen-bond acceptors (Lipinski definition) is 7. The molecule has 0 bridgehead atoms. The lowest BCUT2D eigenvalue weighted by molar-refractivity contribution is 0.208. The van der Waals surface area contributed by atoms with Crippen LogP contribution in [0.2, 0.25) is 0 Å². The summed E-state index contributed by atoms with van der Waals surface area (Å²) in [6.45, 7) is 6.93. The molecule has 8 nitrogen and oxygen atoms in total. The van der Waals surface area contributed by atoms with E-state index in [1.54, 1.807) is 17.7 Å². The zero-order valence-electron chi connectivity index (χ0n) is 22.0. The van der Waals surface area contributed by atoms with Crippen LogP contribution in [0.25, 0.3) is 11.3 Å². The van der Waals surface area contributed by atoms with E-state index in [4.69, 9.17) is 4.98 Å². The van der Waals surface area contributed by atoms with E-state index >= 15 is 0 Å². The maximum atomic E-state index is 14.4. The average Bonchev–Trinajstić information content (AvgIpc) is 3.50. The lowest BCUT2D eigenvalue weighted by atomic mass is 10.0. The Hall–Kier alpha value is -3.30. The quantitative estimate of drug-likeness (QED) is 0.558. The first kappa shape index (κ1) is 25.0. The standard InChI is InChI=1S/C29H36FN7O/c1-34-28(38)18-26(24-8-11-31-19-25(24)30)33-29(34)37-17-12-32-27(20-37)21-4-6-22(7-5-21)36-15-9-23(10-16-36)35-13-2-3-14-35/h4-8,11,18-19,23,27,32H,2-3,9-10,12-17,20H2,1H3/t27-/m1/s1. The van der Waals surface area contributed by atoms with E-state index in [0.717, 1.165) is 31.9 Å². The first-order valence-electron chi connectivity index (χ1n) is 13.8. The van der Waals surface area contributed by atoms with Crippen molar-refractivity contribution in [2.24, 2.45) is 7.05 Å². The van der Waals surface area contributed by atoms with Gasteiger partial charge in [0.25, 0.3) is 5.56 Å². The number of aromatic nitrogens is 3. The fraction of sp³-hybridized carbons (Fsp3) is 0.483. The molecular formula is C29H36FN7O. The minimum absolute atomic E-state index is 0.108. The van der Waals surface area contributed by atoms with Gasteiger partial charge >= 0.3 is 0 Å². The molecule has 3 fully saturated rings. The van der Waals surface area contributed by atoms with Crippen LogP contribution in [-0.4, -0.2) is 71.3 Å². The molecule has 0 spiro atoms. The molecule has 1 aromatic carbocycles. The molecule has 0 saturated carbocycles. The van der Waals surface area contributed by atoms with Gasteiger partial charge in [-0.15, -0.1) is 0 Å². The number of benzene rings is 1. The molecular weight excluding hydrogens is 481 g/mol. The average molecular weight is 518 g/mol. The minimum atomic E-state index is -0.488. The Morgan fingerprint density at radius 3 is 2.47 bits per heavy atom. The third-order valence-electron chi connectivity index (χ3n) is 8.40. The van der Waals surface area contributed by atoms with Crippen molar-refractivity contribution in [2.45, 2.75) is 37.8 Å². The Balaban J connectivity index is 1.15. The van der Waals surface area contributed by atoms with Gasteiger partial charge in [-0.05, 0) is 62.5 Å². The van der Waals surface area contributed by atoms with Crippen molar-refractivity contribution >= 4 is 11.6 Å². The van der Waals surface area contributed by atoms with Crippen LogP contribution in [0.5, 0.6) is 0 Å². The highest BCUT2D eigenvalue weighted by Crippen LogP contribution is 2.28. The van der Waals surface area contributed by atoms with Crippen LogP contribution in [0, 0.1) is 5.82 Å². The lowest BCUT2D eigenvalue weighted by Gasteiger charge is -2.38. The third kappa shape index (κ3) is 5.05. The molecule has 6 rings (SSSR count). The van der Waals surface area contributed by atoms with Crippen molar-refractivity contribution in [3.8, 4) is 11.3 Å². The third-order valence-corrected chi connectivity index (χ3v) is 8.40. The number of rotatable bonds is 5. The first-order valence-corrected chi connectivity index (χ1v) is 13.8. The molecule has 3 aliphatic heterocycles. The molecule has 200 valence electrons. The monoisotopic (exact) mass is 517 g/mol. The first-order chi connectivity index (χ1) is 18.6. The number of likely N-dealkylation sites (tertiary alicyclic amines) is 1. The summed E-state index contributed by atoms with van der Waals surface area (Å²) in [7, 11) is 1.72. The second-order valence-corrected chi connectivity index (χ2v) is 10.7. The number of hydrogen-bond donors (Lipinski definition) is 1. The van der Waals surface area contributed by atoms with E-state index in [-0.39, 0.29) is 17.2 Å². The number of piperazine rings is 1. The van der Waals surface area contributed by atoms with Crippen LogP contribution in [0.4, 0.5) is 16.0 Å². The van der Waals surface area contributed by atoms with Crippen LogP contribution in [0.1, 0.15) is 37.3 Å². The second-order valence-electron chi connectivity index (χ2n) is 10.7. The van der Waals surface area contributed by atoms with E-state index in [1.165, 1.54) is 62.3 Å². The molecule has 5 heterocycles. The van der Waals surface area contributed by atoms with Crippen molar-refractivity contribution in [2.75, 3.05) is 55.6 Å². The SMILES string of the molecule is Cn1c(N2CCN[C@@H](c3ccc(N4CCC(N5CCCC5)CC4)cc3)C2)nc(-c2ccncc2F)cc1=O. The van der Waals surface area contributed by atoms with Crippen LogP contribution < -0.4 is 20.7 Å². The fourth-order valence-corrected chi connectivity index (χ4v) is 6.20. The molecule has 3 saturated heterocycles. The summed E-state index contributed by atoms with van der Waals surface area (Å²) >= 11 is 0. The summed E-state index contributed by atoms with van der Waals surface area (Å²) < 4.78 is 15.9. The number of anilines is 2. The number of nitrogens with one attached hydrogen (secondary N) is 1. The van der Waals surface area contributed by atoms with Gasteiger partial charge in [-0.2, -0.15) is 0 Å². The molecule has 0 amide bonds. The van der Waals surface area contributed by atoms with Crippen LogP contribution in [0.15, 0.2) is 53.6 Å². The van der Waals surface area contributed by atoms with Gasteiger partial charge in [-0.3, -0.25) is 14.3 Å². The second kappa shape index (κ2) is 10.8. The van der Waals surface area contributed by atoms with Gasteiger partial charge in [0.1, 0.15) is 0 Å². The van der Waals surface area contributed by atoms with Crippen molar-refractivity contribution in [1.29, 1.82) is 0 Å². The fourth-order valence-electron chi connectivity index (χ4n) is 6.20. The largest absolute Gasteiger partial charge is 0.371 e. The van der Waals surface area contributed by atoms with Crippen LogP contribution in [-0.2, 0) is 7.05 Å². The molecule has 0 aliphatic carbocycles. The highest BCUT2D eigenvalue weighted by atomic mass is 19.1. The van der Waals surface area contributed by atoms with Gasteiger partial charge in [-0.25, -0.2) is 9.37 Å². The Kier molecular flexibility index (Phi) is 7.12. The Morgan fingerprint density at radius 2 is 1.74 bits per heavy atom. The Morgan fingerprint density at radius 1 is 0.974 bits per heavy atom. The van der Waals surface area contributed by atoms with E-state index in [9.17, 15) is 9.18 Å². The Bertz CT molecular complexity index is 1310. The van der Waals surface area contributed by atoms with Crippen LogP contribution >= 0.6 is 0 Å². The van der Waals surface area contributed by atoms with Crippen molar-refractivity contribution < 1.29 is 4.39 Å². The summed E-state index contributed by atoms with van der Waals surface area (Å²) in [6.07, 6.45) is 7.86. The predicted molar refractivity (Wildman–Crippen MR) is 148 cm³/mol. The van der Waals surface area contributed by atoms with Crippen molar-refractivity contribution in [3.63, 3.8) is 0 Å². The summed E-state index contributed by atoms with van der Waals surface area (Å²) in [5, 5.41) is 3.62. The minimum Gasteiger partial charge on any atom is -0.371 e. The van der Waals surface area contributed by atoms with E-state index in [0.29, 0.717) is 24.7 Å². The summed E-state index contributed by atoms with van der Waals surface area (Å²) in [4.78, 5) is 28.6. The molecule has 0 radical (unpaired) electrons. The van der Waals surface area contributed by atoms with Gasteiger partial charge in [0.05, 0.1) is 11.9 Å². The molecule has 2 aromatic heterocycles. The van der Waals surface area contributed by atoms with Gasteiger partial charge < -0.3 is 20.0 Å². The molecule has 9 heteroatoms. The predicted octanol–water partition coefficient (Wildman–Crippen LogP) is 3.20. The molecule has 3 aliphatic rings. The number of nitrogens with zero attached hydrogens (tertiary/aromatic N) is 6. The zero-order chi connectivity index (χ0) is 26.1. The lowest BCUT2D eigenvalue weighted by Crippen LogP contribution is -2.47. The topological polar surface area (TPSA) is 69.5 Å². The Labute approximate surface area is 223 Å². The smallest absolute Gasteiger partial charge is 0.255 e. The van der Waals surface area contributed by atoms with E-state index in [1.807, 2.05) is 0 Å².